The van der Waals surface area contributed by atoms with Gasteiger partial charge < -0.3 is 4.74 Å². The van der Waals surface area contributed by atoms with Gasteiger partial charge in [0.1, 0.15) is 0 Å². The Hall–Kier alpha value is -1.55. The van der Waals surface area contributed by atoms with Crippen molar-refractivity contribution in [1.29, 1.82) is 0 Å². The Bertz CT molecular complexity index is 354. The average Bonchev–Trinajstić information content (AvgIpc) is 2.46. The number of carbonyl (C=O) groups excluding carboxylic acids is 1. The van der Waals surface area contributed by atoms with Crippen molar-refractivity contribution in [1.82, 2.24) is 0 Å². The zero-order valence-electron chi connectivity index (χ0n) is 11.7. The van der Waals surface area contributed by atoms with Crippen LogP contribution in [0.15, 0.2) is 30.3 Å². The van der Waals surface area contributed by atoms with Crippen LogP contribution in [0.5, 0.6) is 0 Å². The number of rotatable bonds is 8. The normalized spacial score (nSPS) is 10.2. The first-order valence-corrected chi connectivity index (χ1v) is 7.02. The fraction of sp³-hybridized carbons (Fsp3) is 0.533. The van der Waals surface area contributed by atoms with Crippen LogP contribution in [0.1, 0.15) is 45.4 Å². The first kappa shape index (κ1) is 15.5. The number of nitrogens with zero attached hydrogens (tertiary/aromatic N) is 1. The number of nitrogens with two attached hydrogens (primary N) is 1. The third-order valence-corrected chi connectivity index (χ3v) is 2.95. The van der Waals surface area contributed by atoms with Gasteiger partial charge in [-0.15, -0.1) is 0 Å². The van der Waals surface area contributed by atoms with E-state index in [2.05, 4.69) is 6.92 Å². The molecule has 0 heterocycles. The summed E-state index contributed by atoms with van der Waals surface area (Å²) in [6, 6.07) is 9.07. The third-order valence-electron chi connectivity index (χ3n) is 2.95. The molecule has 0 radical (unpaired) electrons. The average molecular weight is 264 g/mol. The van der Waals surface area contributed by atoms with Crippen molar-refractivity contribution in [3.05, 3.63) is 30.3 Å². The van der Waals surface area contributed by atoms with Gasteiger partial charge in [-0.3, -0.25) is 0 Å². The predicted octanol–water partition coefficient (Wildman–Crippen LogP) is 3.86. The van der Waals surface area contributed by atoms with Crippen molar-refractivity contribution < 1.29 is 9.53 Å². The molecule has 0 saturated heterocycles. The van der Waals surface area contributed by atoms with Crippen LogP contribution in [0.25, 0.3) is 0 Å². The molecule has 0 aliphatic carbocycles. The summed E-state index contributed by atoms with van der Waals surface area (Å²) in [4.78, 5) is 11.7. The van der Waals surface area contributed by atoms with Crippen LogP contribution < -0.4 is 10.9 Å². The lowest BCUT2D eigenvalue weighted by molar-refractivity contribution is 0.151. The molecule has 19 heavy (non-hydrogen) atoms. The number of ether oxygens (including phenoxy) is 1. The second-order valence-corrected chi connectivity index (χ2v) is 4.59. The van der Waals surface area contributed by atoms with Crippen LogP contribution in [0.2, 0.25) is 0 Å². The Morgan fingerprint density at radius 1 is 1.11 bits per heavy atom. The molecule has 1 amide bonds. The molecule has 1 rings (SSSR count). The van der Waals surface area contributed by atoms with Crippen molar-refractivity contribution in [2.75, 3.05) is 11.6 Å². The summed E-state index contributed by atoms with van der Waals surface area (Å²) in [5.41, 5.74) is 0.635. The van der Waals surface area contributed by atoms with E-state index in [1.54, 1.807) is 12.1 Å². The van der Waals surface area contributed by atoms with Crippen molar-refractivity contribution in [3.63, 3.8) is 0 Å². The molecule has 0 saturated carbocycles. The van der Waals surface area contributed by atoms with E-state index >= 15 is 0 Å². The summed E-state index contributed by atoms with van der Waals surface area (Å²) in [6.07, 6.45) is 6.49. The zero-order chi connectivity index (χ0) is 13.9. The van der Waals surface area contributed by atoms with Gasteiger partial charge in [0.2, 0.25) is 0 Å². The maximum Gasteiger partial charge on any atom is 0.428 e. The lowest BCUT2D eigenvalue weighted by Gasteiger charge is -2.16. The van der Waals surface area contributed by atoms with Gasteiger partial charge in [-0.05, 0) is 18.6 Å². The smallest absolute Gasteiger partial charge is 0.428 e. The van der Waals surface area contributed by atoms with E-state index in [-0.39, 0.29) is 0 Å². The number of hydrogen-bond donors (Lipinski definition) is 1. The lowest BCUT2D eigenvalue weighted by atomic mass is 10.1. The number of para-hydroxylation sites is 1. The molecule has 0 unspecified atom stereocenters. The number of hydrogen-bond acceptors (Lipinski definition) is 3. The monoisotopic (exact) mass is 264 g/mol. The number of unbranched alkanes of at least 4 members (excludes halogenated alkanes) is 5. The van der Waals surface area contributed by atoms with Gasteiger partial charge >= 0.3 is 6.09 Å². The van der Waals surface area contributed by atoms with E-state index in [9.17, 15) is 4.79 Å². The summed E-state index contributed by atoms with van der Waals surface area (Å²) in [6.45, 7) is 2.63. The third kappa shape index (κ3) is 6.25. The van der Waals surface area contributed by atoms with Gasteiger partial charge in [-0.2, -0.15) is 0 Å². The molecule has 1 aromatic rings. The molecule has 0 bridgehead atoms. The summed E-state index contributed by atoms with van der Waals surface area (Å²) < 4.78 is 5.13. The van der Waals surface area contributed by atoms with Gasteiger partial charge in [0, 0.05) is 0 Å². The van der Waals surface area contributed by atoms with Crippen molar-refractivity contribution in [2.24, 2.45) is 5.84 Å². The van der Waals surface area contributed by atoms with E-state index in [0.717, 1.165) is 17.9 Å². The van der Waals surface area contributed by atoms with Crippen LogP contribution in [-0.2, 0) is 4.74 Å². The van der Waals surface area contributed by atoms with Crippen LogP contribution in [0.3, 0.4) is 0 Å². The first-order chi connectivity index (χ1) is 9.25. The molecule has 106 valence electrons. The SMILES string of the molecule is CCCCCCCCOC(=O)N(N)c1ccccc1. The molecule has 0 aliphatic rings. The number of benzene rings is 1. The molecule has 0 fully saturated rings. The van der Waals surface area contributed by atoms with Crippen molar-refractivity contribution in [2.45, 2.75) is 45.4 Å². The molecular weight excluding hydrogens is 240 g/mol. The minimum Gasteiger partial charge on any atom is -0.448 e. The highest BCUT2D eigenvalue weighted by Gasteiger charge is 2.11. The van der Waals surface area contributed by atoms with Gasteiger partial charge in [0.15, 0.2) is 0 Å². The standard InChI is InChI=1S/C15H24N2O2/c1-2-3-4-5-6-10-13-19-15(18)17(16)14-11-8-7-9-12-14/h7-9,11-12H,2-6,10,13,16H2,1H3. The molecule has 4 heteroatoms. The first-order valence-electron chi connectivity index (χ1n) is 7.02. The van der Waals surface area contributed by atoms with Crippen LogP contribution in [-0.4, -0.2) is 12.7 Å². The summed E-state index contributed by atoms with van der Waals surface area (Å²) in [5, 5.41) is 1.04. The molecular formula is C15H24N2O2. The van der Waals surface area contributed by atoms with E-state index in [0.29, 0.717) is 12.3 Å². The fourth-order valence-corrected chi connectivity index (χ4v) is 1.81. The Balaban J connectivity index is 2.14. The van der Waals surface area contributed by atoms with E-state index in [1.807, 2.05) is 18.2 Å². The second-order valence-electron chi connectivity index (χ2n) is 4.59. The minimum atomic E-state index is -0.500. The second kappa shape index (κ2) is 9.39. The van der Waals surface area contributed by atoms with E-state index in [4.69, 9.17) is 10.6 Å². The molecule has 4 nitrogen and oxygen atoms in total. The molecule has 0 spiro atoms. The zero-order valence-corrected chi connectivity index (χ0v) is 11.7. The van der Waals surface area contributed by atoms with Gasteiger partial charge in [0.05, 0.1) is 12.3 Å². The number of hydrazine groups is 1. The largest absolute Gasteiger partial charge is 0.448 e. The Kier molecular flexibility index (Phi) is 7.66. The minimum absolute atomic E-state index is 0.436. The summed E-state index contributed by atoms with van der Waals surface area (Å²) in [7, 11) is 0. The lowest BCUT2D eigenvalue weighted by Crippen LogP contribution is -2.38. The van der Waals surface area contributed by atoms with Crippen molar-refractivity contribution in [3.8, 4) is 0 Å². The highest BCUT2D eigenvalue weighted by Crippen LogP contribution is 2.11. The number of anilines is 1. The van der Waals surface area contributed by atoms with Gasteiger partial charge in [-0.1, -0.05) is 57.2 Å². The highest BCUT2D eigenvalue weighted by atomic mass is 16.6. The van der Waals surface area contributed by atoms with E-state index in [1.165, 1.54) is 25.7 Å². The Labute approximate surface area is 115 Å². The van der Waals surface area contributed by atoms with Gasteiger partial charge in [-0.25, -0.2) is 15.6 Å². The van der Waals surface area contributed by atoms with Gasteiger partial charge in [0.25, 0.3) is 0 Å². The Morgan fingerprint density at radius 3 is 2.42 bits per heavy atom. The number of carbonyl (C=O) groups is 1. The Morgan fingerprint density at radius 2 is 1.74 bits per heavy atom. The maximum absolute atomic E-state index is 11.7. The molecule has 2 N–H and O–H groups in total. The molecule has 0 atom stereocenters. The summed E-state index contributed by atoms with van der Waals surface area (Å²) >= 11 is 0. The molecule has 1 aromatic carbocycles. The van der Waals surface area contributed by atoms with Crippen molar-refractivity contribution >= 4 is 11.8 Å². The van der Waals surface area contributed by atoms with Crippen LogP contribution >= 0.6 is 0 Å². The summed E-state index contributed by atoms with van der Waals surface area (Å²) in [5.74, 6) is 5.68. The quantitative estimate of drug-likeness (QED) is 0.336. The van der Waals surface area contributed by atoms with E-state index < -0.39 is 6.09 Å². The number of amides is 1. The maximum atomic E-state index is 11.7. The predicted molar refractivity (Wildman–Crippen MR) is 77.8 cm³/mol. The van der Waals surface area contributed by atoms with Crippen LogP contribution in [0, 0.1) is 0 Å². The van der Waals surface area contributed by atoms with Crippen LogP contribution in [0.4, 0.5) is 10.5 Å². The molecule has 0 aromatic heterocycles. The topological polar surface area (TPSA) is 55.6 Å². The molecule has 0 aliphatic heterocycles. The highest BCUT2D eigenvalue weighted by molar-refractivity contribution is 5.86. The fourth-order valence-electron chi connectivity index (χ4n) is 1.81.